The first kappa shape index (κ1) is 17.3. The van der Waals surface area contributed by atoms with Gasteiger partial charge in [0.25, 0.3) is 0 Å². The Balaban J connectivity index is 1.52. The molecule has 2 aromatic heterocycles. The van der Waals surface area contributed by atoms with Gasteiger partial charge in [-0.25, -0.2) is 4.68 Å². The Kier molecular flexibility index (Phi) is 5.56. The van der Waals surface area contributed by atoms with E-state index in [2.05, 4.69) is 15.5 Å². The molecule has 1 aromatic carbocycles. The van der Waals surface area contributed by atoms with E-state index < -0.39 is 0 Å². The lowest BCUT2D eigenvalue weighted by atomic mass is 10.2. The van der Waals surface area contributed by atoms with E-state index >= 15 is 0 Å². The van der Waals surface area contributed by atoms with Crippen molar-refractivity contribution in [3.63, 3.8) is 0 Å². The van der Waals surface area contributed by atoms with E-state index in [1.165, 1.54) is 27.8 Å². The van der Waals surface area contributed by atoms with Gasteiger partial charge < -0.3 is 15.9 Å². The van der Waals surface area contributed by atoms with E-state index in [0.29, 0.717) is 17.5 Å². The van der Waals surface area contributed by atoms with Crippen LogP contribution in [0.2, 0.25) is 0 Å². The molecule has 0 fully saturated rings. The first-order valence-corrected chi connectivity index (χ1v) is 9.30. The molecule has 0 aliphatic carbocycles. The number of nitrogen functional groups attached to an aromatic ring is 1. The lowest BCUT2D eigenvalue weighted by Crippen LogP contribution is -2.25. The van der Waals surface area contributed by atoms with Gasteiger partial charge in [0.2, 0.25) is 11.1 Å². The van der Waals surface area contributed by atoms with Crippen LogP contribution in [0, 0.1) is 0 Å². The zero-order valence-electron chi connectivity index (χ0n) is 13.5. The van der Waals surface area contributed by atoms with Gasteiger partial charge in [-0.05, 0) is 29.1 Å². The van der Waals surface area contributed by atoms with E-state index in [1.54, 1.807) is 7.11 Å². The molecule has 2 heterocycles. The van der Waals surface area contributed by atoms with Crippen LogP contribution >= 0.6 is 23.1 Å². The molecule has 0 aliphatic rings. The number of carbonyl (C=O) groups excluding carboxylic acids is 1. The minimum absolute atomic E-state index is 0.103. The molecule has 0 bridgehead atoms. The van der Waals surface area contributed by atoms with Gasteiger partial charge in [-0.15, -0.1) is 21.5 Å². The van der Waals surface area contributed by atoms with Crippen molar-refractivity contribution in [1.29, 1.82) is 0 Å². The van der Waals surface area contributed by atoms with Crippen molar-refractivity contribution >= 4 is 29.0 Å². The highest BCUT2D eigenvalue weighted by Crippen LogP contribution is 2.25. The van der Waals surface area contributed by atoms with Crippen LogP contribution in [0.25, 0.3) is 10.7 Å². The third kappa shape index (κ3) is 4.31. The Morgan fingerprint density at radius 3 is 3.00 bits per heavy atom. The third-order valence-corrected chi connectivity index (χ3v) is 5.17. The van der Waals surface area contributed by atoms with Crippen molar-refractivity contribution in [3.05, 3.63) is 47.3 Å². The second kappa shape index (κ2) is 8.04. The largest absolute Gasteiger partial charge is 0.497 e. The SMILES string of the molecule is COc1cccc(CNC(=O)CSc2nnc(-c3cccs3)n2N)c1. The van der Waals surface area contributed by atoms with Crippen LogP contribution in [-0.4, -0.2) is 33.6 Å². The van der Waals surface area contributed by atoms with Gasteiger partial charge in [0.05, 0.1) is 17.7 Å². The fourth-order valence-corrected chi connectivity index (χ4v) is 3.51. The molecule has 3 aromatic rings. The number of hydrogen-bond acceptors (Lipinski definition) is 7. The molecule has 0 saturated carbocycles. The number of thiophene rings is 1. The van der Waals surface area contributed by atoms with E-state index in [-0.39, 0.29) is 11.7 Å². The highest BCUT2D eigenvalue weighted by atomic mass is 32.2. The van der Waals surface area contributed by atoms with Crippen molar-refractivity contribution in [1.82, 2.24) is 20.2 Å². The average Bonchev–Trinajstić information content (AvgIpc) is 3.28. The van der Waals surface area contributed by atoms with Crippen LogP contribution < -0.4 is 15.9 Å². The summed E-state index contributed by atoms with van der Waals surface area (Å²) in [5, 5.41) is 13.4. The molecule has 3 rings (SSSR count). The van der Waals surface area contributed by atoms with Gasteiger partial charge in [0, 0.05) is 6.54 Å². The molecule has 0 radical (unpaired) electrons. The number of hydrogen-bond donors (Lipinski definition) is 2. The van der Waals surface area contributed by atoms with Gasteiger partial charge >= 0.3 is 0 Å². The number of benzene rings is 1. The van der Waals surface area contributed by atoms with Crippen LogP contribution in [-0.2, 0) is 11.3 Å². The normalized spacial score (nSPS) is 10.6. The topological polar surface area (TPSA) is 95.1 Å². The molecule has 25 heavy (non-hydrogen) atoms. The highest BCUT2D eigenvalue weighted by Gasteiger charge is 2.14. The molecule has 3 N–H and O–H groups in total. The summed E-state index contributed by atoms with van der Waals surface area (Å²) in [6, 6.07) is 11.4. The summed E-state index contributed by atoms with van der Waals surface area (Å²) in [5.41, 5.74) is 0.972. The fraction of sp³-hybridized carbons (Fsp3) is 0.188. The molecular formula is C16H17N5O2S2. The Hall–Kier alpha value is -2.52. The summed E-state index contributed by atoms with van der Waals surface area (Å²) in [5.74, 6) is 7.47. The summed E-state index contributed by atoms with van der Waals surface area (Å²) >= 11 is 2.78. The zero-order chi connectivity index (χ0) is 17.6. The van der Waals surface area contributed by atoms with E-state index in [0.717, 1.165) is 16.2 Å². The third-order valence-electron chi connectivity index (χ3n) is 3.36. The predicted octanol–water partition coefficient (Wildman–Crippen LogP) is 2.14. The van der Waals surface area contributed by atoms with Crippen molar-refractivity contribution in [2.75, 3.05) is 18.7 Å². The van der Waals surface area contributed by atoms with Crippen molar-refractivity contribution in [3.8, 4) is 16.5 Å². The van der Waals surface area contributed by atoms with Gasteiger partial charge in [-0.3, -0.25) is 4.79 Å². The molecule has 0 atom stereocenters. The Morgan fingerprint density at radius 1 is 1.36 bits per heavy atom. The monoisotopic (exact) mass is 375 g/mol. The molecule has 9 heteroatoms. The number of thioether (sulfide) groups is 1. The van der Waals surface area contributed by atoms with Gasteiger partial charge in [-0.2, -0.15) is 0 Å². The molecule has 1 amide bonds. The van der Waals surface area contributed by atoms with Crippen LogP contribution in [0.5, 0.6) is 5.75 Å². The number of rotatable bonds is 7. The lowest BCUT2D eigenvalue weighted by molar-refractivity contribution is -0.118. The number of ether oxygens (including phenoxy) is 1. The summed E-state index contributed by atoms with van der Waals surface area (Å²) in [7, 11) is 1.61. The zero-order valence-corrected chi connectivity index (χ0v) is 15.1. The minimum atomic E-state index is -0.103. The van der Waals surface area contributed by atoms with Crippen molar-refractivity contribution < 1.29 is 9.53 Å². The van der Waals surface area contributed by atoms with Crippen LogP contribution in [0.4, 0.5) is 0 Å². The number of methoxy groups -OCH3 is 1. The van der Waals surface area contributed by atoms with Gasteiger partial charge in [0.1, 0.15) is 5.75 Å². The first-order chi connectivity index (χ1) is 12.2. The number of nitrogens with two attached hydrogens (primary N) is 1. The highest BCUT2D eigenvalue weighted by molar-refractivity contribution is 7.99. The summed E-state index contributed by atoms with van der Waals surface area (Å²) in [6.45, 7) is 0.437. The molecule has 7 nitrogen and oxygen atoms in total. The Bertz CT molecular complexity index is 848. The standard InChI is InChI=1S/C16H17N5O2S2/c1-23-12-5-2-4-11(8-12)9-18-14(22)10-25-16-20-19-15(21(16)17)13-6-3-7-24-13/h2-8H,9-10,17H2,1H3,(H,18,22). The minimum Gasteiger partial charge on any atom is -0.497 e. The molecule has 130 valence electrons. The van der Waals surface area contributed by atoms with Crippen LogP contribution in [0.3, 0.4) is 0 Å². The average molecular weight is 375 g/mol. The number of nitrogens with zero attached hydrogens (tertiary/aromatic N) is 3. The summed E-state index contributed by atoms with van der Waals surface area (Å²) in [6.07, 6.45) is 0. The second-order valence-electron chi connectivity index (χ2n) is 5.07. The second-order valence-corrected chi connectivity index (χ2v) is 6.96. The number of amides is 1. The molecule has 0 spiro atoms. The summed E-state index contributed by atoms with van der Waals surface area (Å²) in [4.78, 5) is 13.0. The first-order valence-electron chi connectivity index (χ1n) is 7.44. The van der Waals surface area contributed by atoms with E-state index in [1.807, 2.05) is 41.8 Å². The number of carbonyl (C=O) groups is 1. The summed E-state index contributed by atoms with van der Waals surface area (Å²) < 4.78 is 6.57. The maximum atomic E-state index is 12.0. The van der Waals surface area contributed by atoms with Gasteiger partial charge in [0.15, 0.2) is 5.82 Å². The molecule has 0 saturated heterocycles. The Morgan fingerprint density at radius 2 is 2.24 bits per heavy atom. The fourth-order valence-electron chi connectivity index (χ4n) is 2.11. The Labute approximate surface area is 153 Å². The van der Waals surface area contributed by atoms with Crippen molar-refractivity contribution in [2.24, 2.45) is 0 Å². The predicted molar refractivity (Wildman–Crippen MR) is 99.1 cm³/mol. The van der Waals surface area contributed by atoms with Crippen LogP contribution in [0.15, 0.2) is 46.9 Å². The number of nitrogens with one attached hydrogen (secondary N) is 1. The van der Waals surface area contributed by atoms with E-state index in [4.69, 9.17) is 10.6 Å². The maximum Gasteiger partial charge on any atom is 0.230 e. The maximum absolute atomic E-state index is 12.0. The van der Waals surface area contributed by atoms with Crippen molar-refractivity contribution in [2.45, 2.75) is 11.7 Å². The quantitative estimate of drug-likeness (QED) is 0.485. The van der Waals surface area contributed by atoms with E-state index in [9.17, 15) is 4.79 Å². The number of aromatic nitrogens is 3. The smallest absolute Gasteiger partial charge is 0.230 e. The van der Waals surface area contributed by atoms with Crippen LogP contribution in [0.1, 0.15) is 5.56 Å². The molecular weight excluding hydrogens is 358 g/mol. The molecule has 0 aliphatic heterocycles. The molecule has 0 unspecified atom stereocenters. The lowest BCUT2D eigenvalue weighted by Gasteiger charge is -2.07. The van der Waals surface area contributed by atoms with Gasteiger partial charge in [-0.1, -0.05) is 30.0 Å².